The van der Waals surface area contributed by atoms with Crippen LogP contribution in [0.3, 0.4) is 0 Å². The van der Waals surface area contributed by atoms with Crippen molar-refractivity contribution in [1.82, 2.24) is 0 Å². The molecule has 4 nitrogen and oxygen atoms in total. The van der Waals surface area contributed by atoms with Gasteiger partial charge in [-0.25, -0.2) is 0 Å². The molecule has 5 aliphatic carbocycles. The number of hydrogen-bond donors (Lipinski definition) is 3. The zero-order valence-electron chi connectivity index (χ0n) is 22.6. The van der Waals surface area contributed by atoms with Gasteiger partial charge in [-0.15, -0.1) is 0 Å². The van der Waals surface area contributed by atoms with Crippen molar-refractivity contribution >= 4 is 5.97 Å². The summed E-state index contributed by atoms with van der Waals surface area (Å²) in [4.78, 5) is 12.8. The fraction of sp³-hybridized carbons (Fsp3) is 0.900. The molecular formula is C30H48O4. The summed E-state index contributed by atoms with van der Waals surface area (Å²) in [6.45, 7) is 16.3. The average Bonchev–Trinajstić information content (AvgIpc) is 2.72. The first kappa shape index (κ1) is 24.8. The van der Waals surface area contributed by atoms with Gasteiger partial charge in [-0.3, -0.25) is 4.79 Å². The van der Waals surface area contributed by atoms with Gasteiger partial charge in [-0.2, -0.15) is 0 Å². The molecule has 34 heavy (non-hydrogen) atoms. The Labute approximate surface area is 206 Å². The quantitative estimate of drug-likeness (QED) is 0.397. The minimum Gasteiger partial charge on any atom is -0.481 e. The fourth-order valence-electron chi connectivity index (χ4n) is 10.8. The number of aliphatic carboxylic acids is 1. The van der Waals surface area contributed by atoms with E-state index in [4.69, 9.17) is 0 Å². The van der Waals surface area contributed by atoms with Crippen LogP contribution in [0.25, 0.3) is 0 Å². The molecule has 0 radical (unpaired) electrons. The third kappa shape index (κ3) is 2.88. The molecule has 0 aromatic heterocycles. The number of carboxylic acids is 1. The number of rotatable bonds is 1. The lowest BCUT2D eigenvalue weighted by molar-refractivity contribution is -0.231. The molecule has 5 rings (SSSR count). The zero-order valence-corrected chi connectivity index (χ0v) is 22.6. The second-order valence-corrected chi connectivity index (χ2v) is 15.2. The topological polar surface area (TPSA) is 77.8 Å². The van der Waals surface area contributed by atoms with Gasteiger partial charge in [-0.05, 0) is 103 Å². The normalized spacial score (nSPS) is 53.4. The summed E-state index contributed by atoms with van der Waals surface area (Å²) in [5.74, 6) is 0.365. The molecule has 0 aromatic rings. The molecule has 0 heterocycles. The first-order valence-corrected chi connectivity index (χ1v) is 13.9. The van der Waals surface area contributed by atoms with Gasteiger partial charge in [0.2, 0.25) is 0 Å². The van der Waals surface area contributed by atoms with E-state index in [-0.39, 0.29) is 33.0 Å². The van der Waals surface area contributed by atoms with Crippen LogP contribution in [0.15, 0.2) is 11.6 Å². The molecular weight excluding hydrogens is 424 g/mol. The van der Waals surface area contributed by atoms with Crippen LogP contribution < -0.4 is 0 Å². The summed E-state index contributed by atoms with van der Waals surface area (Å²) in [7, 11) is 0. The Balaban J connectivity index is 1.61. The number of carboxylic acid groups (broad SMARTS) is 1. The largest absolute Gasteiger partial charge is 0.481 e. The lowest BCUT2D eigenvalue weighted by Crippen LogP contribution is -2.67. The van der Waals surface area contributed by atoms with Crippen LogP contribution in [0.1, 0.15) is 106 Å². The Hall–Kier alpha value is -0.870. The third-order valence-corrected chi connectivity index (χ3v) is 13.0. The summed E-state index contributed by atoms with van der Waals surface area (Å²) in [5, 5.41) is 32.4. The lowest BCUT2D eigenvalue weighted by atomic mass is 9.33. The van der Waals surface area contributed by atoms with Crippen molar-refractivity contribution in [3.05, 3.63) is 11.6 Å². The monoisotopic (exact) mass is 472 g/mol. The summed E-state index contributed by atoms with van der Waals surface area (Å²) >= 11 is 0. The van der Waals surface area contributed by atoms with E-state index in [0.29, 0.717) is 18.3 Å². The van der Waals surface area contributed by atoms with Crippen molar-refractivity contribution in [3.63, 3.8) is 0 Å². The maximum Gasteiger partial charge on any atom is 0.310 e. The maximum absolute atomic E-state index is 12.8. The van der Waals surface area contributed by atoms with Crippen LogP contribution in [0.2, 0.25) is 0 Å². The smallest absolute Gasteiger partial charge is 0.310 e. The van der Waals surface area contributed by atoms with Crippen LogP contribution in [-0.2, 0) is 4.79 Å². The van der Waals surface area contributed by atoms with Crippen molar-refractivity contribution < 1.29 is 20.1 Å². The molecule has 0 amide bonds. The second kappa shape index (κ2) is 7.12. The predicted octanol–water partition coefficient (Wildman–Crippen LogP) is 6.20. The van der Waals surface area contributed by atoms with Gasteiger partial charge in [0, 0.05) is 0 Å². The van der Waals surface area contributed by atoms with E-state index in [1.54, 1.807) is 0 Å². The van der Waals surface area contributed by atoms with Crippen molar-refractivity contribution in [2.75, 3.05) is 0 Å². The first-order valence-electron chi connectivity index (χ1n) is 13.9. The molecule has 192 valence electrons. The van der Waals surface area contributed by atoms with Crippen LogP contribution in [0.4, 0.5) is 0 Å². The highest BCUT2D eigenvalue weighted by Crippen LogP contribution is 2.75. The molecule has 9 atom stereocenters. The molecule has 4 fully saturated rings. The van der Waals surface area contributed by atoms with E-state index < -0.39 is 23.6 Å². The van der Waals surface area contributed by atoms with Crippen LogP contribution in [0, 0.1) is 50.2 Å². The zero-order chi connectivity index (χ0) is 25.1. The molecule has 0 unspecified atom stereocenters. The summed E-state index contributed by atoms with van der Waals surface area (Å²) in [5.41, 5.74) is 0.754. The Kier molecular flexibility index (Phi) is 5.20. The number of hydrogen-bond acceptors (Lipinski definition) is 3. The molecule has 0 aliphatic heterocycles. The van der Waals surface area contributed by atoms with Gasteiger partial charge in [0.15, 0.2) is 0 Å². The predicted molar refractivity (Wildman–Crippen MR) is 134 cm³/mol. The molecule has 0 spiro atoms. The van der Waals surface area contributed by atoms with Gasteiger partial charge in [-0.1, -0.05) is 60.1 Å². The van der Waals surface area contributed by atoms with Gasteiger partial charge >= 0.3 is 5.97 Å². The van der Waals surface area contributed by atoms with Crippen LogP contribution >= 0.6 is 0 Å². The van der Waals surface area contributed by atoms with Crippen LogP contribution in [-0.4, -0.2) is 33.5 Å². The van der Waals surface area contributed by atoms with Crippen molar-refractivity contribution in [3.8, 4) is 0 Å². The molecule has 0 aromatic carbocycles. The third-order valence-electron chi connectivity index (χ3n) is 13.0. The summed E-state index contributed by atoms with van der Waals surface area (Å²) in [6.07, 6.45) is 9.45. The Morgan fingerprint density at radius 3 is 2.18 bits per heavy atom. The SMILES string of the molecule is CC1(C)CC[C@]2(C(=O)O)CC[C@]3(C)C(=CC[C@H]4[C@@]5(C)C[C@@H](O)[C@H](O)C(C)(C)[C@@H]5CC[C@]43C)[C@@H]2C1. The summed E-state index contributed by atoms with van der Waals surface area (Å²) in [6, 6.07) is 0. The van der Waals surface area contributed by atoms with E-state index >= 15 is 0 Å². The Morgan fingerprint density at radius 2 is 1.53 bits per heavy atom. The standard InChI is InChI=1S/C30H48O4/c1-25(2)12-14-30(24(33)34)15-13-28(6)18(19(30)16-25)8-9-22-27(5)17-20(31)23(32)26(3,4)21(27)10-11-29(22,28)7/h8,19-23,31-32H,9-17H2,1-7H3,(H,33,34)/t19-,20+,21-,22-,23-,27-,28+,29+,30-/m0/s1. The van der Waals surface area contributed by atoms with Crippen molar-refractivity contribution in [2.45, 2.75) is 118 Å². The molecule has 0 saturated heterocycles. The van der Waals surface area contributed by atoms with Gasteiger partial charge in [0.25, 0.3) is 0 Å². The molecule has 0 bridgehead atoms. The van der Waals surface area contributed by atoms with Crippen LogP contribution in [0.5, 0.6) is 0 Å². The Bertz CT molecular complexity index is 919. The highest BCUT2D eigenvalue weighted by Gasteiger charge is 2.70. The van der Waals surface area contributed by atoms with Crippen molar-refractivity contribution in [2.24, 2.45) is 50.2 Å². The van der Waals surface area contributed by atoms with E-state index in [0.717, 1.165) is 51.4 Å². The number of aliphatic hydroxyl groups is 2. The number of allylic oxidation sites excluding steroid dienone is 2. The summed E-state index contributed by atoms with van der Waals surface area (Å²) < 4.78 is 0. The van der Waals surface area contributed by atoms with E-state index in [2.05, 4.69) is 54.5 Å². The van der Waals surface area contributed by atoms with Crippen molar-refractivity contribution in [1.29, 1.82) is 0 Å². The molecule has 4 heteroatoms. The molecule has 4 saturated carbocycles. The molecule has 3 N–H and O–H groups in total. The Morgan fingerprint density at radius 1 is 0.882 bits per heavy atom. The van der Waals surface area contributed by atoms with Gasteiger partial charge in [0.05, 0.1) is 17.6 Å². The number of fused-ring (bicyclic) bond motifs is 7. The van der Waals surface area contributed by atoms with E-state index in [1.807, 2.05) is 0 Å². The minimum absolute atomic E-state index is 0.00785. The number of aliphatic hydroxyl groups excluding tert-OH is 2. The van der Waals surface area contributed by atoms with Gasteiger partial charge in [0.1, 0.15) is 0 Å². The second-order valence-electron chi connectivity index (χ2n) is 15.2. The molecule has 5 aliphatic rings. The maximum atomic E-state index is 12.8. The van der Waals surface area contributed by atoms with Gasteiger partial charge < -0.3 is 15.3 Å². The highest BCUT2D eigenvalue weighted by molar-refractivity contribution is 5.76. The minimum atomic E-state index is -0.679. The fourth-order valence-corrected chi connectivity index (χ4v) is 10.8. The first-order chi connectivity index (χ1) is 15.6. The average molecular weight is 473 g/mol. The highest BCUT2D eigenvalue weighted by atomic mass is 16.4. The van der Waals surface area contributed by atoms with E-state index in [9.17, 15) is 20.1 Å². The number of carbonyl (C=O) groups is 1. The van der Waals surface area contributed by atoms with E-state index in [1.165, 1.54) is 5.57 Å². The lowest BCUT2D eigenvalue weighted by Gasteiger charge is -2.71.